The van der Waals surface area contributed by atoms with Gasteiger partial charge >= 0.3 is 10.4 Å². The van der Waals surface area contributed by atoms with E-state index in [9.17, 15) is 8.76 Å². The van der Waals surface area contributed by atoms with Gasteiger partial charge in [0.05, 0.1) is 12.0 Å². The van der Waals surface area contributed by atoms with Crippen molar-refractivity contribution < 1.29 is 13.5 Å². The summed E-state index contributed by atoms with van der Waals surface area (Å²) in [4.78, 5) is 18.2. The van der Waals surface area contributed by atoms with Gasteiger partial charge in [0.15, 0.2) is 11.5 Å². The standard InChI is InChI=1S/C19H25N7O3S/c1-20-30(27,28)14-5-6-16(29-10-9-26-7-3-2-4-8-26)15(11-14)25-19-17-18(22-12-21-17)23-13-24-19/h5-6,11-13H,2-4,7-10H2,1H3,(H3-,20,21,22,23,24,25,27,28)/p+1. The molecule has 1 aliphatic rings. The first-order valence-corrected chi connectivity index (χ1v) is 11.4. The summed E-state index contributed by atoms with van der Waals surface area (Å²) in [6.07, 6.45) is 6.70. The van der Waals surface area contributed by atoms with Gasteiger partial charge in [0, 0.05) is 25.7 Å². The van der Waals surface area contributed by atoms with Crippen LogP contribution in [0.3, 0.4) is 0 Å². The van der Waals surface area contributed by atoms with E-state index >= 15 is 0 Å². The van der Waals surface area contributed by atoms with Gasteiger partial charge in [-0.05, 0) is 36.2 Å². The summed E-state index contributed by atoms with van der Waals surface area (Å²) in [5, 5.41) is 3.20. The van der Waals surface area contributed by atoms with Crippen LogP contribution in [0.5, 0.6) is 5.75 Å². The van der Waals surface area contributed by atoms with Crippen molar-refractivity contribution in [2.24, 2.45) is 0 Å². The highest BCUT2D eigenvalue weighted by atomic mass is 32.3. The lowest BCUT2D eigenvalue weighted by molar-refractivity contribution is 0.184. The molecule has 4 N–H and O–H groups in total. The smallest absolute Gasteiger partial charge is 0.323 e. The number of imidazole rings is 1. The molecule has 0 radical (unpaired) electrons. The Kier molecular flexibility index (Phi) is 6.23. The molecular weight excluding hydrogens is 406 g/mol. The summed E-state index contributed by atoms with van der Waals surface area (Å²) in [5.41, 5.74) is 1.70. The van der Waals surface area contributed by atoms with Crippen LogP contribution in [0.4, 0.5) is 11.5 Å². The van der Waals surface area contributed by atoms with Gasteiger partial charge in [-0.1, -0.05) is 6.42 Å². The quantitative estimate of drug-likeness (QED) is 0.400. The molecule has 10 nitrogen and oxygen atoms in total. The Bertz CT molecular complexity index is 1050. The van der Waals surface area contributed by atoms with Crippen molar-refractivity contribution in [2.45, 2.75) is 24.2 Å². The zero-order valence-electron chi connectivity index (χ0n) is 16.8. The van der Waals surface area contributed by atoms with E-state index in [1.54, 1.807) is 24.5 Å². The highest BCUT2D eigenvalue weighted by Gasteiger charge is 2.28. The summed E-state index contributed by atoms with van der Waals surface area (Å²) in [5.74, 6) is 1.08. The Labute approximate surface area is 175 Å². The van der Waals surface area contributed by atoms with Gasteiger partial charge in [-0.25, -0.2) is 15.0 Å². The van der Waals surface area contributed by atoms with Crippen LogP contribution in [0, 0.1) is 0 Å². The molecule has 1 aromatic carbocycles. The van der Waals surface area contributed by atoms with Crippen LogP contribution in [0.25, 0.3) is 11.2 Å². The van der Waals surface area contributed by atoms with Crippen molar-refractivity contribution in [1.82, 2.24) is 29.6 Å². The Balaban J connectivity index is 1.58. The van der Waals surface area contributed by atoms with E-state index in [4.69, 9.17) is 4.74 Å². The predicted molar refractivity (Wildman–Crippen MR) is 115 cm³/mol. The molecule has 3 heterocycles. The van der Waals surface area contributed by atoms with Gasteiger partial charge in [0.2, 0.25) is 4.90 Å². The van der Waals surface area contributed by atoms with E-state index in [2.05, 4.69) is 34.9 Å². The minimum atomic E-state index is -3.36. The monoisotopic (exact) mass is 432 g/mol. The van der Waals surface area contributed by atoms with Gasteiger partial charge in [0.1, 0.15) is 24.2 Å². The van der Waals surface area contributed by atoms with Crippen LogP contribution in [0.1, 0.15) is 19.3 Å². The Morgan fingerprint density at radius 2 is 2.07 bits per heavy atom. The molecule has 1 aliphatic heterocycles. The van der Waals surface area contributed by atoms with E-state index in [-0.39, 0.29) is 4.90 Å². The Morgan fingerprint density at radius 3 is 2.87 bits per heavy atom. The second-order valence-corrected chi connectivity index (χ2v) is 9.02. The highest BCUT2D eigenvalue weighted by molar-refractivity contribution is 7.95. The SMILES string of the molecule is CN[S+](=O)(O)c1ccc(OCCN2CCCCC2)c(Nc2ncnc3nc[nH]c23)c1. The number of likely N-dealkylation sites (tertiary alicyclic amines) is 1. The topological polar surface area (TPSA) is 128 Å². The third-order valence-corrected chi connectivity index (χ3v) is 6.58. The van der Waals surface area contributed by atoms with E-state index in [1.807, 2.05) is 0 Å². The number of rotatable bonds is 8. The summed E-state index contributed by atoms with van der Waals surface area (Å²) < 4.78 is 31.0. The molecule has 1 saturated heterocycles. The number of piperidine rings is 1. The molecule has 2 aromatic heterocycles. The zero-order chi connectivity index (χ0) is 21.0. The lowest BCUT2D eigenvalue weighted by Crippen LogP contribution is -2.33. The minimum absolute atomic E-state index is 0.241. The molecule has 1 unspecified atom stereocenters. The van der Waals surface area contributed by atoms with E-state index in [1.165, 1.54) is 32.6 Å². The van der Waals surface area contributed by atoms with Gasteiger partial charge in [-0.3, -0.25) is 4.90 Å². The van der Waals surface area contributed by atoms with E-state index < -0.39 is 10.4 Å². The highest BCUT2D eigenvalue weighted by Crippen LogP contribution is 2.32. The minimum Gasteiger partial charge on any atom is -0.490 e. The third-order valence-electron chi connectivity index (χ3n) is 5.14. The fourth-order valence-corrected chi connectivity index (χ4v) is 4.24. The van der Waals surface area contributed by atoms with Crippen molar-refractivity contribution in [2.75, 3.05) is 38.6 Å². The van der Waals surface area contributed by atoms with Crippen LogP contribution in [-0.2, 0) is 14.6 Å². The molecule has 160 valence electrons. The van der Waals surface area contributed by atoms with Crippen molar-refractivity contribution >= 4 is 33.1 Å². The molecule has 3 aromatic rings. The first-order chi connectivity index (χ1) is 14.6. The Morgan fingerprint density at radius 1 is 1.23 bits per heavy atom. The second kappa shape index (κ2) is 9.04. The molecule has 0 saturated carbocycles. The number of fused-ring (bicyclic) bond motifs is 1. The molecule has 1 fully saturated rings. The third kappa shape index (κ3) is 4.59. The van der Waals surface area contributed by atoms with E-state index in [0.717, 1.165) is 19.6 Å². The normalized spacial score (nSPS) is 17.0. The molecule has 30 heavy (non-hydrogen) atoms. The van der Waals surface area contributed by atoms with Crippen LogP contribution in [0.15, 0.2) is 35.7 Å². The van der Waals surface area contributed by atoms with Crippen molar-refractivity contribution in [3.05, 3.63) is 30.9 Å². The number of aromatic nitrogens is 4. The molecule has 1 atom stereocenters. The molecule has 11 heteroatoms. The zero-order valence-corrected chi connectivity index (χ0v) is 17.6. The number of nitrogens with one attached hydrogen (secondary N) is 3. The number of benzene rings is 1. The van der Waals surface area contributed by atoms with Crippen molar-refractivity contribution in [3.8, 4) is 5.75 Å². The van der Waals surface area contributed by atoms with Gasteiger partial charge < -0.3 is 15.0 Å². The molecule has 0 bridgehead atoms. The average Bonchev–Trinajstić information content (AvgIpc) is 3.25. The summed E-state index contributed by atoms with van der Waals surface area (Å²) in [7, 11) is -1.91. The number of nitrogens with zero attached hydrogens (tertiary/aromatic N) is 4. The molecule has 0 spiro atoms. The van der Waals surface area contributed by atoms with Gasteiger partial charge in [-0.2, -0.15) is 4.55 Å². The van der Waals surface area contributed by atoms with Gasteiger partial charge in [-0.15, -0.1) is 4.72 Å². The number of aromatic amines is 1. The first kappa shape index (κ1) is 20.7. The Hall–Kier alpha value is -2.60. The van der Waals surface area contributed by atoms with Crippen molar-refractivity contribution in [1.29, 1.82) is 0 Å². The maximum Gasteiger partial charge on any atom is 0.323 e. The maximum absolute atomic E-state index is 12.4. The number of H-pyrrole nitrogens is 1. The fraction of sp³-hybridized carbons (Fsp3) is 0.421. The average molecular weight is 433 g/mol. The van der Waals surface area contributed by atoms with Crippen molar-refractivity contribution in [3.63, 3.8) is 0 Å². The predicted octanol–water partition coefficient (Wildman–Crippen LogP) is 2.43. The number of hydrogen-bond acceptors (Lipinski definition) is 7. The van der Waals surface area contributed by atoms with Gasteiger partial charge in [0.25, 0.3) is 0 Å². The van der Waals surface area contributed by atoms with Crippen LogP contribution in [-0.4, -0.2) is 62.7 Å². The van der Waals surface area contributed by atoms with Crippen LogP contribution >= 0.6 is 0 Å². The number of anilines is 2. The maximum atomic E-state index is 12.4. The fourth-order valence-electron chi connectivity index (χ4n) is 3.48. The summed E-state index contributed by atoms with van der Waals surface area (Å²) in [6.45, 7) is 3.56. The summed E-state index contributed by atoms with van der Waals surface area (Å²) in [6, 6.07) is 4.89. The largest absolute Gasteiger partial charge is 0.490 e. The van der Waals surface area contributed by atoms with Crippen LogP contribution < -0.4 is 14.8 Å². The lowest BCUT2D eigenvalue weighted by Gasteiger charge is -2.26. The molecule has 0 aliphatic carbocycles. The summed E-state index contributed by atoms with van der Waals surface area (Å²) >= 11 is 0. The number of ether oxygens (including phenoxy) is 1. The molecule has 0 amide bonds. The lowest BCUT2D eigenvalue weighted by atomic mass is 10.1. The second-order valence-electron chi connectivity index (χ2n) is 7.09. The molecule has 4 rings (SSSR count). The first-order valence-electron chi connectivity index (χ1n) is 9.92. The number of hydrogen-bond donors (Lipinski definition) is 4. The van der Waals surface area contributed by atoms with E-state index in [0.29, 0.717) is 35.0 Å². The van der Waals surface area contributed by atoms with Crippen LogP contribution in [0.2, 0.25) is 0 Å². The molecular formula is C19H26N7O3S+.